The molecule has 12 nitrogen and oxygen atoms in total. The predicted molar refractivity (Wildman–Crippen MR) is 221 cm³/mol. The molecule has 6 aromatic rings. The van der Waals surface area contributed by atoms with Gasteiger partial charge >= 0.3 is 5.97 Å². The zero-order valence-corrected chi connectivity index (χ0v) is 32.4. The van der Waals surface area contributed by atoms with Crippen LogP contribution in [0.15, 0.2) is 168 Å². The number of esters is 1. The van der Waals surface area contributed by atoms with Crippen LogP contribution in [-0.2, 0) is 29.6 Å². The van der Waals surface area contributed by atoms with E-state index in [2.05, 4.69) is 19.8 Å². The number of nitrogens with two attached hydrogens (primary N) is 1. The molecule has 1 fully saturated rings. The second-order valence-corrected chi connectivity index (χ2v) is 15.2. The number of fused-ring (bicyclic) bond motifs is 1. The van der Waals surface area contributed by atoms with E-state index in [1.54, 1.807) is 0 Å². The zero-order valence-electron chi connectivity index (χ0n) is 30.8. The van der Waals surface area contributed by atoms with Gasteiger partial charge in [0.2, 0.25) is 17.1 Å². The Hall–Kier alpha value is -6.61. The molecule has 0 radical (unpaired) electrons. The number of anilines is 1. The third-order valence-corrected chi connectivity index (χ3v) is 11.7. The van der Waals surface area contributed by atoms with Gasteiger partial charge in [0, 0.05) is 34.0 Å². The van der Waals surface area contributed by atoms with Crippen molar-refractivity contribution in [2.45, 2.75) is 23.1 Å². The van der Waals surface area contributed by atoms with E-state index in [1.165, 1.54) is 16.7 Å². The molecule has 4 N–H and O–H groups in total. The van der Waals surface area contributed by atoms with E-state index in [-0.39, 0.29) is 28.1 Å². The topological polar surface area (TPSA) is 169 Å². The lowest BCUT2D eigenvalue weighted by atomic mass is 9.80. The Kier molecular flexibility index (Phi) is 11.1. The van der Waals surface area contributed by atoms with Gasteiger partial charge in [0.25, 0.3) is 11.8 Å². The highest BCUT2D eigenvalue weighted by molar-refractivity contribution is 8.00. The van der Waals surface area contributed by atoms with Crippen LogP contribution in [-0.4, -0.2) is 66.6 Å². The summed E-state index contributed by atoms with van der Waals surface area (Å²) in [6.07, 6.45) is -0.783. The van der Waals surface area contributed by atoms with Crippen molar-refractivity contribution < 1.29 is 29.1 Å². The Balaban J connectivity index is 1.10. The lowest BCUT2D eigenvalue weighted by Gasteiger charge is -2.49. The molecule has 0 bridgehead atoms. The minimum Gasteiger partial charge on any atom is -0.448 e. The van der Waals surface area contributed by atoms with Gasteiger partial charge in [-0.25, -0.2) is 4.79 Å². The number of nitrogens with one attached hydrogen (secondary N) is 1. The van der Waals surface area contributed by atoms with Gasteiger partial charge in [-0.05, 0) is 16.7 Å². The first-order valence-corrected chi connectivity index (χ1v) is 20.1. The first kappa shape index (κ1) is 38.3. The number of hydrogen-bond acceptors (Lipinski definition) is 12. The maximum Gasteiger partial charge on any atom is 0.356 e. The van der Waals surface area contributed by atoms with Gasteiger partial charge in [0.05, 0.1) is 6.61 Å². The number of β-lactam (4-membered cyclic amide) rings is 1. The minimum atomic E-state index is -1.34. The molecule has 58 heavy (non-hydrogen) atoms. The summed E-state index contributed by atoms with van der Waals surface area (Å²) in [5, 5.41) is 17.0. The number of nitrogens with zero attached hydrogens (tertiary/aromatic N) is 4. The molecule has 0 saturated carbocycles. The number of nitrogen functional groups attached to an aromatic ring is 1. The van der Waals surface area contributed by atoms with Crippen LogP contribution in [0.3, 0.4) is 0 Å². The maximum atomic E-state index is 14.3. The van der Waals surface area contributed by atoms with Crippen molar-refractivity contribution in [1.29, 1.82) is 0 Å². The van der Waals surface area contributed by atoms with Crippen LogP contribution in [0.1, 0.15) is 39.7 Å². The normalized spacial score (nSPS) is 16.7. The fourth-order valence-corrected chi connectivity index (χ4v) is 8.83. The van der Waals surface area contributed by atoms with Crippen molar-refractivity contribution in [3.63, 3.8) is 0 Å². The number of carbonyl (C=O) groups is 3. The van der Waals surface area contributed by atoms with Gasteiger partial charge in [-0.15, -0.1) is 11.8 Å². The Labute approximate surface area is 342 Å². The van der Waals surface area contributed by atoms with Crippen molar-refractivity contribution >= 4 is 51.9 Å². The quantitative estimate of drug-likeness (QED) is 0.0426. The number of ether oxygens (including phenoxy) is 1. The Morgan fingerprint density at radius 2 is 1.33 bits per heavy atom. The summed E-state index contributed by atoms with van der Waals surface area (Å²) in [4.78, 5) is 54.6. The number of thioether (sulfide) groups is 1. The van der Waals surface area contributed by atoms with Gasteiger partial charge < -0.3 is 25.7 Å². The number of aliphatic hydroxyl groups is 1. The van der Waals surface area contributed by atoms with E-state index in [4.69, 9.17) is 15.3 Å². The van der Waals surface area contributed by atoms with E-state index >= 15 is 0 Å². The summed E-state index contributed by atoms with van der Waals surface area (Å²) < 4.78 is 10.4. The van der Waals surface area contributed by atoms with Gasteiger partial charge in [0.15, 0.2) is 11.2 Å². The smallest absolute Gasteiger partial charge is 0.356 e. The Bertz CT molecular complexity index is 2330. The third kappa shape index (κ3) is 7.36. The molecule has 14 heteroatoms. The molecular weight excluding hydrogens is 773 g/mol. The molecule has 2 atom stereocenters. The molecule has 2 aliphatic heterocycles. The zero-order chi connectivity index (χ0) is 40.1. The summed E-state index contributed by atoms with van der Waals surface area (Å²) >= 11 is 2.18. The highest BCUT2D eigenvalue weighted by Gasteiger charge is 2.55. The van der Waals surface area contributed by atoms with Crippen LogP contribution in [0, 0.1) is 0 Å². The molecule has 2 aliphatic rings. The molecule has 3 heterocycles. The van der Waals surface area contributed by atoms with Gasteiger partial charge in [-0.2, -0.15) is 9.36 Å². The fraction of sp³-hybridized carbons (Fsp3) is 0.136. The van der Waals surface area contributed by atoms with Crippen molar-refractivity contribution in [2.24, 2.45) is 5.16 Å². The van der Waals surface area contributed by atoms with Gasteiger partial charge in [0.1, 0.15) is 17.1 Å². The van der Waals surface area contributed by atoms with Gasteiger partial charge in [-0.3, -0.25) is 14.5 Å². The SMILES string of the molecule is Nc1nc(/C(=N/OC(c2ccccc2)(c2ccccc2)c2ccccc2)C(=O)N[C@@H]2C(=O)N3C(C(=O)OC(c4ccccc4)c4ccccc4)=C(CO)CS[C@H]23)ns1. The van der Waals surface area contributed by atoms with Crippen molar-refractivity contribution in [3.8, 4) is 0 Å². The van der Waals surface area contributed by atoms with Crippen molar-refractivity contribution in [1.82, 2.24) is 19.6 Å². The monoisotopic (exact) mass is 808 g/mol. The summed E-state index contributed by atoms with van der Waals surface area (Å²) in [5.41, 5.74) is 8.28. The number of oxime groups is 1. The molecular formula is C44H36N6O6S2. The lowest BCUT2D eigenvalue weighted by molar-refractivity contribution is -0.154. The Morgan fingerprint density at radius 3 is 1.79 bits per heavy atom. The molecule has 0 aliphatic carbocycles. The number of amides is 2. The van der Waals surface area contributed by atoms with Crippen molar-refractivity contribution in [2.75, 3.05) is 18.1 Å². The second-order valence-electron chi connectivity index (χ2n) is 13.3. The minimum absolute atomic E-state index is 0.0526. The van der Waals surface area contributed by atoms with Crippen LogP contribution < -0.4 is 11.1 Å². The summed E-state index contributed by atoms with van der Waals surface area (Å²) in [6.45, 7) is -0.469. The van der Waals surface area contributed by atoms with Crippen LogP contribution in [0.25, 0.3) is 0 Å². The maximum absolute atomic E-state index is 14.3. The fourth-order valence-electron chi connectivity index (χ4n) is 7.06. The van der Waals surface area contributed by atoms with E-state index in [9.17, 15) is 19.5 Å². The molecule has 1 aromatic heterocycles. The van der Waals surface area contributed by atoms with E-state index in [1.807, 2.05) is 152 Å². The predicted octanol–water partition coefficient (Wildman–Crippen LogP) is 5.81. The number of carbonyl (C=O) groups excluding carboxylic acids is 3. The first-order valence-electron chi connectivity index (χ1n) is 18.3. The number of benzene rings is 5. The van der Waals surface area contributed by atoms with Crippen LogP contribution >= 0.6 is 23.3 Å². The first-order chi connectivity index (χ1) is 28.4. The average Bonchev–Trinajstić information content (AvgIpc) is 3.72. The number of aliphatic hydroxyl groups excluding tert-OH is 1. The van der Waals surface area contributed by atoms with Crippen molar-refractivity contribution in [3.05, 3.63) is 197 Å². The van der Waals surface area contributed by atoms with Crippen LogP contribution in [0.5, 0.6) is 0 Å². The molecule has 2 amide bonds. The largest absolute Gasteiger partial charge is 0.448 e. The highest BCUT2D eigenvalue weighted by atomic mass is 32.2. The van der Waals surface area contributed by atoms with Crippen LogP contribution in [0.4, 0.5) is 5.13 Å². The Morgan fingerprint density at radius 1 is 0.828 bits per heavy atom. The molecule has 290 valence electrons. The summed E-state index contributed by atoms with van der Waals surface area (Å²) in [7, 11) is 0. The van der Waals surface area contributed by atoms with E-state index in [0.29, 0.717) is 5.57 Å². The number of hydrogen-bond donors (Lipinski definition) is 3. The lowest BCUT2D eigenvalue weighted by Crippen LogP contribution is -2.71. The number of aromatic nitrogens is 2. The molecule has 1 saturated heterocycles. The average molecular weight is 809 g/mol. The molecule has 0 unspecified atom stereocenters. The highest BCUT2D eigenvalue weighted by Crippen LogP contribution is 2.43. The molecule has 0 spiro atoms. The van der Waals surface area contributed by atoms with E-state index < -0.39 is 47.5 Å². The molecule has 8 rings (SSSR count). The standard InChI is InChI=1S/C44H36N6O6S2/c45-43-47-38(49-58-43)34(48-56-44(31-20-10-3-11-21-31,32-22-12-4-13-23-32)33-24-14-5-15-25-33)39(52)46-35-40(53)50-36(30(26-51)27-57-41(35)50)42(54)55-37(28-16-6-1-7-17-28)29-18-8-2-9-19-29/h1-25,35,37,41,51H,26-27H2,(H,46,52)(H2,45,47,49)/b48-34-/t35-,41-/m1/s1. The van der Waals surface area contributed by atoms with Gasteiger partial charge in [-0.1, -0.05) is 157 Å². The summed E-state index contributed by atoms with van der Waals surface area (Å²) in [6, 6.07) is 45.9. The van der Waals surface area contributed by atoms with Crippen LogP contribution in [0.2, 0.25) is 0 Å². The van der Waals surface area contributed by atoms with E-state index in [0.717, 1.165) is 39.3 Å². The number of rotatable bonds is 13. The summed E-state index contributed by atoms with van der Waals surface area (Å²) in [5.74, 6) is -2.03. The molecule has 5 aromatic carbocycles. The third-order valence-electron chi connectivity index (χ3n) is 9.83. The second kappa shape index (κ2) is 16.9.